The molecule has 2 rings (SSSR count). The number of aromatic nitrogens is 1. The van der Waals surface area contributed by atoms with Gasteiger partial charge < -0.3 is 9.67 Å². The van der Waals surface area contributed by atoms with Crippen molar-refractivity contribution >= 4 is 43.5 Å². The van der Waals surface area contributed by atoms with Gasteiger partial charge in [-0.2, -0.15) is 0 Å². The van der Waals surface area contributed by atoms with Gasteiger partial charge in [-0.25, -0.2) is 4.79 Å². The largest absolute Gasteiger partial charge is 0.477 e. The molecule has 0 aliphatic rings. The van der Waals surface area contributed by atoms with Crippen molar-refractivity contribution in [2.24, 2.45) is 7.05 Å². The Kier molecular flexibility index (Phi) is 1.92. The van der Waals surface area contributed by atoms with Crippen molar-refractivity contribution in [1.29, 1.82) is 0 Å². The van der Waals surface area contributed by atoms with Crippen molar-refractivity contribution in [3.63, 3.8) is 0 Å². The van der Waals surface area contributed by atoms with Gasteiger partial charge in [-0.1, -0.05) is 0 Å². The molecule has 0 radical (unpaired) electrons. The molecule has 68 valence electrons. The lowest BCUT2D eigenvalue weighted by Crippen LogP contribution is -2.03. The lowest BCUT2D eigenvalue weighted by atomic mass is 10.4. The van der Waals surface area contributed by atoms with Gasteiger partial charge in [0.05, 0.1) is 14.7 Å². The van der Waals surface area contributed by atoms with E-state index < -0.39 is 5.97 Å². The summed E-state index contributed by atoms with van der Waals surface area (Å²) in [7, 11) is 1.75. The summed E-state index contributed by atoms with van der Waals surface area (Å²) >= 11 is 4.91. The molecule has 2 aromatic rings. The van der Waals surface area contributed by atoms with E-state index in [0.717, 1.165) is 14.7 Å². The number of rotatable bonds is 1. The van der Waals surface area contributed by atoms with Gasteiger partial charge in [0.15, 0.2) is 0 Å². The molecule has 0 bridgehead atoms. The van der Waals surface area contributed by atoms with E-state index in [4.69, 9.17) is 5.11 Å². The molecule has 0 aliphatic carbocycles. The lowest BCUT2D eigenvalue weighted by Gasteiger charge is -1.97. The molecule has 0 saturated heterocycles. The zero-order valence-electron chi connectivity index (χ0n) is 6.74. The van der Waals surface area contributed by atoms with Crippen LogP contribution in [0.4, 0.5) is 0 Å². The molecule has 3 nitrogen and oxygen atoms in total. The maximum atomic E-state index is 10.8. The molecule has 0 saturated carbocycles. The topological polar surface area (TPSA) is 42.2 Å². The number of halogens is 1. The van der Waals surface area contributed by atoms with Gasteiger partial charge in [-0.3, -0.25) is 0 Å². The first-order valence-electron chi connectivity index (χ1n) is 3.57. The predicted molar refractivity (Wildman–Crippen MR) is 55.5 cm³/mol. The van der Waals surface area contributed by atoms with Gasteiger partial charge in [0, 0.05) is 12.4 Å². The van der Waals surface area contributed by atoms with E-state index in [9.17, 15) is 4.79 Å². The Morgan fingerprint density at radius 2 is 2.38 bits per heavy atom. The summed E-state index contributed by atoms with van der Waals surface area (Å²) in [6.07, 6.45) is 0. The van der Waals surface area contributed by atoms with E-state index in [0.29, 0.717) is 5.69 Å². The Balaban J connectivity index is 2.82. The SMILES string of the molecule is Cn1c(C(=O)O)cc2scc(Br)c21. The van der Waals surface area contributed by atoms with Crippen molar-refractivity contribution < 1.29 is 9.90 Å². The normalized spacial score (nSPS) is 10.9. The Morgan fingerprint density at radius 3 is 2.92 bits per heavy atom. The van der Waals surface area contributed by atoms with Gasteiger partial charge in [-0.15, -0.1) is 11.3 Å². The molecular formula is C8H6BrNO2S. The third-order valence-corrected chi connectivity index (χ3v) is 3.76. The standard InChI is InChI=1S/C8H6BrNO2S/c1-10-5(8(11)12)2-6-7(10)4(9)3-13-6/h2-3H,1H3,(H,11,12). The number of aromatic carboxylic acids is 1. The van der Waals surface area contributed by atoms with Gasteiger partial charge >= 0.3 is 5.97 Å². The van der Waals surface area contributed by atoms with Crippen LogP contribution < -0.4 is 0 Å². The highest BCUT2D eigenvalue weighted by atomic mass is 79.9. The van der Waals surface area contributed by atoms with E-state index in [-0.39, 0.29) is 0 Å². The number of aryl methyl sites for hydroxylation is 1. The summed E-state index contributed by atoms with van der Waals surface area (Å²) in [4.78, 5) is 10.8. The zero-order chi connectivity index (χ0) is 9.59. The molecule has 5 heteroatoms. The summed E-state index contributed by atoms with van der Waals surface area (Å²) < 4.78 is 3.62. The predicted octanol–water partition coefficient (Wildman–Crippen LogP) is 2.70. The van der Waals surface area contributed by atoms with Crippen LogP contribution in [0, 0.1) is 0 Å². The summed E-state index contributed by atoms with van der Waals surface area (Å²) in [6.45, 7) is 0. The van der Waals surface area contributed by atoms with Crippen LogP contribution in [-0.4, -0.2) is 15.6 Å². The first-order chi connectivity index (χ1) is 6.11. The molecule has 0 aliphatic heterocycles. The highest BCUT2D eigenvalue weighted by Crippen LogP contribution is 2.32. The number of carboxylic acids is 1. The summed E-state index contributed by atoms with van der Waals surface area (Å²) in [5, 5.41) is 10.8. The summed E-state index contributed by atoms with van der Waals surface area (Å²) in [5.74, 6) is -0.891. The molecule has 0 atom stereocenters. The van der Waals surface area contributed by atoms with Gasteiger partial charge in [-0.05, 0) is 22.0 Å². The highest BCUT2D eigenvalue weighted by Gasteiger charge is 2.14. The molecule has 2 aromatic heterocycles. The molecule has 0 unspecified atom stereocenters. The summed E-state index contributed by atoms with van der Waals surface area (Å²) in [6, 6.07) is 1.69. The van der Waals surface area contributed by atoms with Gasteiger partial charge in [0.1, 0.15) is 5.69 Å². The van der Waals surface area contributed by atoms with E-state index in [1.807, 2.05) is 5.38 Å². The van der Waals surface area contributed by atoms with Crippen LogP contribution in [0.25, 0.3) is 10.2 Å². The van der Waals surface area contributed by atoms with Crippen LogP contribution in [0.2, 0.25) is 0 Å². The van der Waals surface area contributed by atoms with Crippen LogP contribution >= 0.6 is 27.3 Å². The number of carbonyl (C=O) groups is 1. The maximum Gasteiger partial charge on any atom is 0.352 e. The second-order valence-electron chi connectivity index (χ2n) is 2.69. The fraction of sp³-hybridized carbons (Fsp3) is 0.125. The van der Waals surface area contributed by atoms with Crippen LogP contribution in [0.3, 0.4) is 0 Å². The van der Waals surface area contributed by atoms with Gasteiger partial charge in [0.2, 0.25) is 0 Å². The maximum absolute atomic E-state index is 10.8. The smallest absolute Gasteiger partial charge is 0.352 e. The fourth-order valence-electron chi connectivity index (χ4n) is 1.32. The van der Waals surface area contributed by atoms with Crippen molar-refractivity contribution in [1.82, 2.24) is 4.57 Å². The van der Waals surface area contributed by atoms with Crippen LogP contribution in [0.1, 0.15) is 10.5 Å². The van der Waals surface area contributed by atoms with Crippen molar-refractivity contribution in [2.75, 3.05) is 0 Å². The molecule has 0 amide bonds. The average Bonchev–Trinajstić information content (AvgIpc) is 2.55. The first-order valence-corrected chi connectivity index (χ1v) is 5.24. The average molecular weight is 260 g/mol. The van der Waals surface area contributed by atoms with E-state index in [2.05, 4.69) is 15.9 Å². The first kappa shape index (κ1) is 8.77. The van der Waals surface area contributed by atoms with Crippen LogP contribution in [0.15, 0.2) is 15.9 Å². The number of hydrogen-bond acceptors (Lipinski definition) is 2. The minimum absolute atomic E-state index is 0.322. The van der Waals surface area contributed by atoms with Crippen LogP contribution in [-0.2, 0) is 7.05 Å². The monoisotopic (exact) mass is 259 g/mol. The molecule has 2 heterocycles. The molecule has 13 heavy (non-hydrogen) atoms. The zero-order valence-corrected chi connectivity index (χ0v) is 9.15. The molecule has 1 N–H and O–H groups in total. The van der Waals surface area contributed by atoms with Crippen molar-refractivity contribution in [3.05, 3.63) is 21.6 Å². The third-order valence-electron chi connectivity index (χ3n) is 1.93. The number of carboxylic acid groups (broad SMARTS) is 1. The molecule has 0 aromatic carbocycles. The quantitative estimate of drug-likeness (QED) is 0.856. The fourth-order valence-corrected chi connectivity index (χ4v) is 3.09. The second-order valence-corrected chi connectivity index (χ2v) is 4.46. The number of thiophene rings is 1. The Hall–Kier alpha value is -0.810. The number of nitrogens with zero attached hydrogens (tertiary/aromatic N) is 1. The van der Waals surface area contributed by atoms with E-state index >= 15 is 0 Å². The lowest BCUT2D eigenvalue weighted by molar-refractivity contribution is 0.0687. The van der Waals surface area contributed by atoms with Crippen molar-refractivity contribution in [2.45, 2.75) is 0 Å². The Bertz CT molecular complexity index is 486. The molecular weight excluding hydrogens is 254 g/mol. The van der Waals surface area contributed by atoms with E-state index in [1.165, 1.54) is 11.3 Å². The van der Waals surface area contributed by atoms with Crippen molar-refractivity contribution in [3.8, 4) is 0 Å². The summed E-state index contributed by atoms with van der Waals surface area (Å²) in [5.41, 5.74) is 1.27. The van der Waals surface area contributed by atoms with Gasteiger partial charge in [0.25, 0.3) is 0 Å². The highest BCUT2D eigenvalue weighted by molar-refractivity contribution is 9.10. The Morgan fingerprint density at radius 1 is 1.69 bits per heavy atom. The number of hydrogen-bond donors (Lipinski definition) is 1. The minimum atomic E-state index is -0.891. The number of fused-ring (bicyclic) bond motifs is 1. The minimum Gasteiger partial charge on any atom is -0.477 e. The molecule has 0 spiro atoms. The third kappa shape index (κ3) is 1.19. The molecule has 0 fully saturated rings. The Labute approximate surface area is 86.7 Å². The van der Waals surface area contributed by atoms with E-state index in [1.54, 1.807) is 17.7 Å². The second kappa shape index (κ2) is 2.85. The van der Waals surface area contributed by atoms with Crippen LogP contribution in [0.5, 0.6) is 0 Å².